The van der Waals surface area contributed by atoms with Crippen LogP contribution in [0.25, 0.3) is 0 Å². The SMILES string of the molecule is CC1CCCN(c2ccc(CCN)cc2Cl)C1. The lowest BCUT2D eigenvalue weighted by atomic mass is 9.99. The van der Waals surface area contributed by atoms with Crippen LogP contribution in [0, 0.1) is 5.92 Å². The third-order valence-corrected chi connectivity index (χ3v) is 3.75. The van der Waals surface area contributed by atoms with Gasteiger partial charge in [0.25, 0.3) is 0 Å². The molecule has 0 saturated carbocycles. The van der Waals surface area contributed by atoms with Gasteiger partial charge < -0.3 is 10.6 Å². The molecule has 1 aliphatic rings. The number of benzene rings is 1. The lowest BCUT2D eigenvalue weighted by molar-refractivity contribution is 0.447. The van der Waals surface area contributed by atoms with E-state index in [4.69, 9.17) is 17.3 Å². The molecule has 0 aromatic heterocycles. The van der Waals surface area contributed by atoms with Crippen LogP contribution < -0.4 is 10.6 Å². The third-order valence-electron chi connectivity index (χ3n) is 3.44. The number of rotatable bonds is 3. The molecule has 0 amide bonds. The predicted octanol–water partition coefficient (Wildman–Crippen LogP) is 3.08. The lowest BCUT2D eigenvalue weighted by Gasteiger charge is -2.33. The van der Waals surface area contributed by atoms with Crippen molar-refractivity contribution in [3.8, 4) is 0 Å². The Hall–Kier alpha value is -0.730. The van der Waals surface area contributed by atoms with E-state index in [-0.39, 0.29) is 0 Å². The largest absolute Gasteiger partial charge is 0.370 e. The summed E-state index contributed by atoms with van der Waals surface area (Å²) in [5, 5.41) is 0.866. The van der Waals surface area contributed by atoms with Gasteiger partial charge in [0.15, 0.2) is 0 Å². The smallest absolute Gasteiger partial charge is 0.0642 e. The first-order valence-electron chi connectivity index (χ1n) is 6.44. The average Bonchev–Trinajstić information content (AvgIpc) is 2.29. The van der Waals surface area contributed by atoms with E-state index in [1.54, 1.807) is 0 Å². The molecule has 3 heteroatoms. The van der Waals surface area contributed by atoms with E-state index in [1.165, 1.54) is 24.1 Å². The molecule has 1 aromatic carbocycles. The Morgan fingerprint density at radius 2 is 2.29 bits per heavy atom. The summed E-state index contributed by atoms with van der Waals surface area (Å²) < 4.78 is 0. The highest BCUT2D eigenvalue weighted by Crippen LogP contribution is 2.30. The molecule has 2 rings (SSSR count). The molecule has 1 aromatic rings. The maximum absolute atomic E-state index is 6.36. The molecule has 1 fully saturated rings. The zero-order valence-electron chi connectivity index (χ0n) is 10.5. The van der Waals surface area contributed by atoms with E-state index in [0.717, 1.165) is 30.5 Å². The van der Waals surface area contributed by atoms with E-state index in [1.807, 2.05) is 0 Å². The third kappa shape index (κ3) is 3.14. The molecule has 2 nitrogen and oxygen atoms in total. The van der Waals surface area contributed by atoms with Crippen LogP contribution in [-0.2, 0) is 6.42 Å². The lowest BCUT2D eigenvalue weighted by Crippen LogP contribution is -2.34. The minimum Gasteiger partial charge on any atom is -0.370 e. The van der Waals surface area contributed by atoms with Crippen LogP contribution in [0.2, 0.25) is 5.02 Å². The molecule has 1 atom stereocenters. The van der Waals surface area contributed by atoms with Gasteiger partial charge in [-0.15, -0.1) is 0 Å². The number of piperidine rings is 1. The van der Waals surface area contributed by atoms with Gasteiger partial charge in [0, 0.05) is 13.1 Å². The quantitative estimate of drug-likeness (QED) is 0.896. The first-order chi connectivity index (χ1) is 8.20. The van der Waals surface area contributed by atoms with Gasteiger partial charge in [-0.05, 0) is 49.4 Å². The van der Waals surface area contributed by atoms with Crippen molar-refractivity contribution < 1.29 is 0 Å². The van der Waals surface area contributed by atoms with Crippen molar-refractivity contribution >= 4 is 17.3 Å². The highest BCUT2D eigenvalue weighted by molar-refractivity contribution is 6.33. The van der Waals surface area contributed by atoms with Crippen LogP contribution in [0.1, 0.15) is 25.3 Å². The van der Waals surface area contributed by atoms with Gasteiger partial charge in [-0.1, -0.05) is 24.6 Å². The van der Waals surface area contributed by atoms with E-state index >= 15 is 0 Å². The molecule has 17 heavy (non-hydrogen) atoms. The van der Waals surface area contributed by atoms with E-state index in [2.05, 4.69) is 30.0 Å². The highest BCUT2D eigenvalue weighted by atomic mass is 35.5. The van der Waals surface area contributed by atoms with Crippen LogP contribution in [0.15, 0.2) is 18.2 Å². The van der Waals surface area contributed by atoms with Gasteiger partial charge in [0.2, 0.25) is 0 Å². The second-order valence-electron chi connectivity index (χ2n) is 5.02. The highest BCUT2D eigenvalue weighted by Gasteiger charge is 2.18. The van der Waals surface area contributed by atoms with Crippen molar-refractivity contribution in [1.29, 1.82) is 0 Å². The number of halogens is 1. The zero-order chi connectivity index (χ0) is 12.3. The molecule has 0 spiro atoms. The average molecular weight is 253 g/mol. The van der Waals surface area contributed by atoms with Crippen molar-refractivity contribution in [2.45, 2.75) is 26.2 Å². The Morgan fingerprint density at radius 3 is 2.94 bits per heavy atom. The van der Waals surface area contributed by atoms with Crippen LogP contribution in [0.3, 0.4) is 0 Å². The topological polar surface area (TPSA) is 29.3 Å². The number of nitrogens with zero attached hydrogens (tertiary/aromatic N) is 1. The summed E-state index contributed by atoms with van der Waals surface area (Å²) in [5.74, 6) is 0.767. The first kappa shape index (κ1) is 12.7. The zero-order valence-corrected chi connectivity index (χ0v) is 11.2. The summed E-state index contributed by atoms with van der Waals surface area (Å²) in [6.07, 6.45) is 3.50. The Morgan fingerprint density at radius 1 is 1.47 bits per heavy atom. The van der Waals surface area contributed by atoms with Gasteiger partial charge in [0.1, 0.15) is 0 Å². The minimum atomic E-state index is 0.677. The normalized spacial score (nSPS) is 20.6. The summed E-state index contributed by atoms with van der Waals surface area (Å²) in [6.45, 7) is 5.23. The summed E-state index contributed by atoms with van der Waals surface area (Å²) in [4.78, 5) is 2.41. The molecule has 0 radical (unpaired) electrons. The van der Waals surface area contributed by atoms with Gasteiger partial charge in [-0.2, -0.15) is 0 Å². The maximum Gasteiger partial charge on any atom is 0.0642 e. The Labute approximate surface area is 109 Å². The number of nitrogens with two attached hydrogens (primary N) is 1. The monoisotopic (exact) mass is 252 g/mol. The molecule has 1 heterocycles. The molecule has 2 N–H and O–H groups in total. The maximum atomic E-state index is 6.36. The van der Waals surface area contributed by atoms with Crippen LogP contribution in [0.4, 0.5) is 5.69 Å². The van der Waals surface area contributed by atoms with Crippen LogP contribution in [0.5, 0.6) is 0 Å². The van der Waals surface area contributed by atoms with E-state index in [9.17, 15) is 0 Å². The fourth-order valence-electron chi connectivity index (χ4n) is 2.54. The first-order valence-corrected chi connectivity index (χ1v) is 6.82. The fraction of sp³-hybridized carbons (Fsp3) is 0.571. The van der Waals surface area contributed by atoms with Crippen LogP contribution in [-0.4, -0.2) is 19.6 Å². The van der Waals surface area contributed by atoms with Gasteiger partial charge in [-0.3, -0.25) is 0 Å². The molecule has 0 bridgehead atoms. The van der Waals surface area contributed by atoms with Crippen molar-refractivity contribution in [3.63, 3.8) is 0 Å². The number of hydrogen-bond acceptors (Lipinski definition) is 2. The van der Waals surface area contributed by atoms with Gasteiger partial charge in [0.05, 0.1) is 10.7 Å². The van der Waals surface area contributed by atoms with Gasteiger partial charge in [-0.25, -0.2) is 0 Å². The van der Waals surface area contributed by atoms with Crippen molar-refractivity contribution in [2.24, 2.45) is 11.7 Å². The van der Waals surface area contributed by atoms with Crippen molar-refractivity contribution in [3.05, 3.63) is 28.8 Å². The summed E-state index contributed by atoms with van der Waals surface area (Å²) in [6, 6.07) is 6.35. The summed E-state index contributed by atoms with van der Waals surface area (Å²) >= 11 is 6.36. The predicted molar refractivity (Wildman–Crippen MR) is 74.8 cm³/mol. The Balaban J connectivity index is 2.15. The fourth-order valence-corrected chi connectivity index (χ4v) is 2.86. The van der Waals surface area contributed by atoms with E-state index in [0.29, 0.717) is 6.54 Å². The molecule has 1 saturated heterocycles. The molecular formula is C14H21ClN2. The number of hydrogen-bond donors (Lipinski definition) is 1. The summed E-state index contributed by atoms with van der Waals surface area (Å²) in [5.41, 5.74) is 7.96. The van der Waals surface area contributed by atoms with Crippen molar-refractivity contribution in [1.82, 2.24) is 0 Å². The second-order valence-corrected chi connectivity index (χ2v) is 5.43. The number of anilines is 1. The standard InChI is InChI=1S/C14H21ClN2/c1-11-3-2-8-17(10-11)14-5-4-12(6-7-16)9-13(14)15/h4-5,9,11H,2-3,6-8,10,16H2,1H3. The van der Waals surface area contributed by atoms with Crippen molar-refractivity contribution in [2.75, 3.05) is 24.5 Å². The summed E-state index contributed by atoms with van der Waals surface area (Å²) in [7, 11) is 0. The Kier molecular flexibility index (Phi) is 4.30. The molecule has 1 aliphatic heterocycles. The molecular weight excluding hydrogens is 232 g/mol. The minimum absolute atomic E-state index is 0.677. The molecule has 0 aliphatic carbocycles. The van der Waals surface area contributed by atoms with Gasteiger partial charge >= 0.3 is 0 Å². The molecule has 1 unspecified atom stereocenters. The molecule has 94 valence electrons. The van der Waals surface area contributed by atoms with E-state index < -0.39 is 0 Å². The Bertz CT molecular complexity index is 378. The van der Waals surface area contributed by atoms with Crippen LogP contribution >= 0.6 is 11.6 Å². The second kappa shape index (κ2) is 5.74.